The van der Waals surface area contributed by atoms with E-state index >= 15 is 0 Å². The lowest BCUT2D eigenvalue weighted by atomic mass is 10.1. The van der Waals surface area contributed by atoms with Crippen LogP contribution in [-0.2, 0) is 4.74 Å². The molecule has 0 saturated carbocycles. The molecule has 11 heteroatoms. The van der Waals surface area contributed by atoms with Gasteiger partial charge < -0.3 is 20.7 Å². The van der Waals surface area contributed by atoms with Gasteiger partial charge in [0.15, 0.2) is 18.2 Å². The number of urea groups is 1. The summed E-state index contributed by atoms with van der Waals surface area (Å²) in [7, 11) is 0. The minimum atomic E-state index is -1.78. The molecule has 1 aliphatic rings. The van der Waals surface area contributed by atoms with Crippen molar-refractivity contribution in [3.63, 3.8) is 0 Å². The third-order valence-corrected chi connectivity index (χ3v) is 3.01. The van der Waals surface area contributed by atoms with Crippen LogP contribution in [-0.4, -0.2) is 56.1 Å². The van der Waals surface area contributed by atoms with Gasteiger partial charge in [0.05, 0.1) is 19.1 Å². The van der Waals surface area contributed by atoms with E-state index in [-0.39, 0.29) is 11.1 Å². The van der Waals surface area contributed by atoms with Gasteiger partial charge in [-0.25, -0.2) is 19.2 Å². The highest BCUT2D eigenvalue weighted by Gasteiger charge is 2.45. The first-order valence-corrected chi connectivity index (χ1v) is 6.22. The minimum Gasteiger partial charge on any atom is -0.394 e. The second-order valence-corrected chi connectivity index (χ2v) is 4.59. The van der Waals surface area contributed by atoms with Crippen LogP contribution < -0.4 is 11.1 Å². The molecule has 0 aliphatic carbocycles. The fourth-order valence-electron chi connectivity index (χ4n) is 1.89. The molecule has 0 bridgehead atoms. The maximum Gasteiger partial charge on any atom is 0.318 e. The Labute approximate surface area is 123 Å². The van der Waals surface area contributed by atoms with Crippen molar-refractivity contribution in [3.8, 4) is 0 Å². The lowest BCUT2D eigenvalue weighted by molar-refractivity contribution is -0.0466. The first-order valence-electron chi connectivity index (χ1n) is 5.85. The zero-order valence-electron chi connectivity index (χ0n) is 10.6. The SMILES string of the molecule is NC(=O)NC(Cl)=Nc1cncn1C1OC(CO)C(O)C1F. The van der Waals surface area contributed by atoms with Crippen LogP contribution in [0.2, 0.25) is 0 Å². The molecule has 1 aliphatic heterocycles. The van der Waals surface area contributed by atoms with Crippen LogP contribution in [0.1, 0.15) is 6.23 Å². The molecule has 9 nitrogen and oxygen atoms in total. The number of nitrogens with zero attached hydrogens (tertiary/aromatic N) is 3. The van der Waals surface area contributed by atoms with Crippen LogP contribution in [0.4, 0.5) is 15.0 Å². The summed E-state index contributed by atoms with van der Waals surface area (Å²) in [4.78, 5) is 18.2. The smallest absolute Gasteiger partial charge is 0.318 e. The van der Waals surface area contributed by atoms with Gasteiger partial charge in [-0.1, -0.05) is 0 Å². The number of halogens is 2. The molecule has 2 amide bonds. The Morgan fingerprint density at radius 1 is 1.71 bits per heavy atom. The summed E-state index contributed by atoms with van der Waals surface area (Å²) in [5.74, 6) is 0.0761. The van der Waals surface area contributed by atoms with Crippen LogP contribution in [0, 0.1) is 0 Å². The minimum absolute atomic E-state index is 0.0761. The highest BCUT2D eigenvalue weighted by atomic mass is 35.5. The molecular weight excluding hydrogens is 309 g/mol. The molecule has 21 heavy (non-hydrogen) atoms. The normalized spacial score (nSPS) is 29.6. The van der Waals surface area contributed by atoms with E-state index in [1.807, 2.05) is 5.32 Å². The Morgan fingerprint density at radius 3 is 3.00 bits per heavy atom. The summed E-state index contributed by atoms with van der Waals surface area (Å²) < 4.78 is 20.4. The largest absolute Gasteiger partial charge is 0.394 e. The molecule has 1 saturated heterocycles. The highest BCUT2D eigenvalue weighted by Crippen LogP contribution is 2.34. The predicted molar refractivity (Wildman–Crippen MR) is 69.8 cm³/mol. The van der Waals surface area contributed by atoms with Gasteiger partial charge in [0.1, 0.15) is 12.2 Å². The van der Waals surface area contributed by atoms with E-state index in [1.165, 1.54) is 17.1 Å². The van der Waals surface area contributed by atoms with Gasteiger partial charge in [0.2, 0.25) is 5.29 Å². The van der Waals surface area contributed by atoms with Gasteiger partial charge in [-0.05, 0) is 11.6 Å². The first-order chi connectivity index (χ1) is 9.93. The average Bonchev–Trinajstić information content (AvgIpc) is 2.95. The van der Waals surface area contributed by atoms with E-state index in [9.17, 15) is 14.3 Å². The molecule has 0 radical (unpaired) electrons. The van der Waals surface area contributed by atoms with Crippen molar-refractivity contribution in [2.75, 3.05) is 6.61 Å². The molecule has 1 fully saturated rings. The summed E-state index contributed by atoms with van der Waals surface area (Å²) in [6, 6.07) is -0.911. The Kier molecular flexibility index (Phi) is 4.73. The molecule has 0 spiro atoms. The van der Waals surface area contributed by atoms with Crippen LogP contribution >= 0.6 is 11.6 Å². The van der Waals surface area contributed by atoms with E-state index in [4.69, 9.17) is 27.2 Å². The second-order valence-electron chi connectivity index (χ2n) is 4.23. The van der Waals surface area contributed by atoms with Crippen LogP contribution in [0.5, 0.6) is 0 Å². The van der Waals surface area contributed by atoms with Crippen molar-refractivity contribution < 1.29 is 24.1 Å². The number of carbonyl (C=O) groups is 1. The molecule has 4 atom stereocenters. The summed E-state index contributed by atoms with van der Waals surface area (Å²) in [5.41, 5.74) is 4.88. The van der Waals surface area contributed by atoms with E-state index in [0.29, 0.717) is 0 Å². The van der Waals surface area contributed by atoms with Crippen molar-refractivity contribution in [2.45, 2.75) is 24.6 Å². The number of hydrogen-bond donors (Lipinski definition) is 4. The number of alkyl halides is 1. The third kappa shape index (κ3) is 3.29. The Hall–Kier alpha value is -1.75. The summed E-state index contributed by atoms with van der Waals surface area (Å²) in [6.45, 7) is -0.532. The quantitative estimate of drug-likeness (QED) is 0.334. The fraction of sp³-hybridized carbons (Fsp3) is 0.500. The summed E-state index contributed by atoms with van der Waals surface area (Å²) in [6.07, 6.45) is -3.07. The number of amides is 2. The maximum absolute atomic E-state index is 14.0. The first kappa shape index (κ1) is 15.6. The van der Waals surface area contributed by atoms with Gasteiger partial charge >= 0.3 is 6.03 Å². The maximum atomic E-state index is 14.0. The fourth-order valence-corrected chi connectivity index (χ4v) is 2.07. The number of nitrogens with one attached hydrogen (secondary N) is 1. The Balaban J connectivity index is 2.23. The van der Waals surface area contributed by atoms with Crippen LogP contribution in [0.3, 0.4) is 0 Å². The molecule has 1 aromatic heterocycles. The van der Waals surface area contributed by atoms with Gasteiger partial charge in [-0.15, -0.1) is 0 Å². The van der Waals surface area contributed by atoms with E-state index in [1.54, 1.807) is 0 Å². The number of aliphatic hydroxyl groups excluding tert-OH is 2. The number of aromatic nitrogens is 2. The van der Waals surface area contributed by atoms with E-state index in [0.717, 1.165) is 0 Å². The van der Waals surface area contributed by atoms with Crippen molar-refractivity contribution in [1.29, 1.82) is 0 Å². The lowest BCUT2D eigenvalue weighted by Crippen LogP contribution is -2.32. The number of aliphatic hydroxyl groups is 2. The van der Waals surface area contributed by atoms with E-state index in [2.05, 4.69) is 9.98 Å². The van der Waals surface area contributed by atoms with Gasteiger partial charge in [-0.2, -0.15) is 0 Å². The van der Waals surface area contributed by atoms with Gasteiger partial charge in [0.25, 0.3) is 0 Å². The van der Waals surface area contributed by atoms with Crippen molar-refractivity contribution >= 4 is 28.7 Å². The number of aliphatic imine (C=N–C) groups is 1. The van der Waals surface area contributed by atoms with Crippen LogP contribution in [0.15, 0.2) is 17.5 Å². The lowest BCUT2D eigenvalue weighted by Gasteiger charge is -2.15. The average molecular weight is 322 g/mol. The molecule has 4 unspecified atom stereocenters. The number of carbonyl (C=O) groups excluding carboxylic acids is 1. The molecular formula is C10H13ClFN5O4. The van der Waals surface area contributed by atoms with Gasteiger partial charge in [-0.3, -0.25) is 9.88 Å². The molecule has 1 aromatic rings. The predicted octanol–water partition coefficient (Wildman–Crippen LogP) is -0.634. The Morgan fingerprint density at radius 2 is 2.43 bits per heavy atom. The third-order valence-electron chi connectivity index (χ3n) is 2.83. The molecule has 2 rings (SSSR count). The standard InChI is InChI=1S/C10H13ClFN5O4/c11-9(16-10(13)20)15-5-1-14-3-17(5)8-6(12)7(19)4(2-18)21-8/h1,3-4,6-8,18-19H,2H2,(H3,13,15,16,20). The number of imidazole rings is 1. The molecule has 2 heterocycles. The van der Waals surface area contributed by atoms with Crippen molar-refractivity contribution in [3.05, 3.63) is 12.5 Å². The summed E-state index contributed by atoms with van der Waals surface area (Å²) >= 11 is 5.64. The topological polar surface area (TPSA) is 135 Å². The molecule has 5 N–H and O–H groups in total. The zero-order chi connectivity index (χ0) is 15.6. The zero-order valence-corrected chi connectivity index (χ0v) is 11.3. The van der Waals surface area contributed by atoms with Crippen molar-refractivity contribution in [2.24, 2.45) is 10.7 Å². The van der Waals surface area contributed by atoms with E-state index < -0.39 is 37.2 Å². The highest BCUT2D eigenvalue weighted by molar-refractivity contribution is 6.66. The number of hydrogen-bond acceptors (Lipinski definition) is 6. The number of primary amides is 1. The Bertz CT molecular complexity index is 553. The number of amidine groups is 1. The number of nitrogens with two attached hydrogens (primary N) is 1. The molecule has 0 aromatic carbocycles. The number of rotatable bonds is 3. The van der Waals surface area contributed by atoms with Gasteiger partial charge in [0, 0.05) is 0 Å². The van der Waals surface area contributed by atoms with Crippen molar-refractivity contribution in [1.82, 2.24) is 14.9 Å². The van der Waals surface area contributed by atoms with Crippen LogP contribution in [0.25, 0.3) is 0 Å². The number of ether oxygens (including phenoxy) is 1. The monoisotopic (exact) mass is 321 g/mol. The summed E-state index contributed by atoms with van der Waals surface area (Å²) in [5, 5.41) is 20.3. The molecule has 116 valence electrons. The second kappa shape index (κ2) is 6.35.